The van der Waals surface area contributed by atoms with Crippen LogP contribution in [0.1, 0.15) is 58.3 Å². The monoisotopic (exact) mass is 314 g/mol. The van der Waals surface area contributed by atoms with E-state index in [4.69, 9.17) is 4.55 Å². The van der Waals surface area contributed by atoms with E-state index in [0.29, 0.717) is 5.75 Å². The lowest BCUT2D eigenvalue weighted by molar-refractivity contribution is 0.284. The summed E-state index contributed by atoms with van der Waals surface area (Å²) in [5.41, 5.74) is 0. The van der Waals surface area contributed by atoms with Gasteiger partial charge in [-0.05, 0) is 6.42 Å². The normalized spacial score (nSPS) is 13.6. The third kappa shape index (κ3) is 16.0. The molecule has 1 unspecified atom stereocenters. The lowest BCUT2D eigenvalue weighted by Crippen LogP contribution is -2.12. The van der Waals surface area contributed by atoms with Crippen LogP contribution in [-0.2, 0) is 25.4 Å². The van der Waals surface area contributed by atoms with Crippen molar-refractivity contribution in [2.24, 2.45) is 0 Å². The Balaban J connectivity index is 3.30. The SMILES string of the molecule is CCCCCCCCCCS(=O)CCOS(=O)(=O)O. The van der Waals surface area contributed by atoms with Crippen molar-refractivity contribution in [1.29, 1.82) is 0 Å². The first-order valence-electron chi connectivity index (χ1n) is 6.92. The van der Waals surface area contributed by atoms with E-state index in [9.17, 15) is 12.6 Å². The van der Waals surface area contributed by atoms with Crippen LogP contribution in [-0.4, -0.2) is 35.3 Å². The van der Waals surface area contributed by atoms with Crippen molar-refractivity contribution in [3.05, 3.63) is 0 Å². The summed E-state index contributed by atoms with van der Waals surface area (Å²) in [5, 5.41) is 0. The minimum absolute atomic E-state index is 0.149. The Kier molecular flexibility index (Phi) is 11.8. The summed E-state index contributed by atoms with van der Waals surface area (Å²) in [5.74, 6) is 0.722. The molecule has 0 aromatic rings. The molecule has 0 saturated heterocycles. The second kappa shape index (κ2) is 11.8. The molecule has 19 heavy (non-hydrogen) atoms. The molecule has 0 rings (SSSR count). The van der Waals surface area contributed by atoms with Gasteiger partial charge in [-0.1, -0.05) is 51.9 Å². The molecule has 0 bridgehead atoms. The molecule has 0 aromatic carbocycles. The first-order chi connectivity index (χ1) is 8.95. The molecule has 5 nitrogen and oxygen atoms in total. The van der Waals surface area contributed by atoms with Gasteiger partial charge in [-0.3, -0.25) is 8.76 Å². The van der Waals surface area contributed by atoms with Gasteiger partial charge in [0.1, 0.15) is 0 Å². The Morgan fingerprint density at radius 2 is 1.47 bits per heavy atom. The van der Waals surface area contributed by atoms with Crippen LogP contribution in [0, 0.1) is 0 Å². The minimum Gasteiger partial charge on any atom is -0.264 e. The van der Waals surface area contributed by atoms with Crippen molar-refractivity contribution in [2.45, 2.75) is 58.3 Å². The molecule has 0 fully saturated rings. The zero-order valence-electron chi connectivity index (χ0n) is 11.7. The van der Waals surface area contributed by atoms with E-state index in [1.807, 2.05) is 0 Å². The summed E-state index contributed by atoms with van der Waals surface area (Å²) in [6.07, 6.45) is 9.50. The van der Waals surface area contributed by atoms with Crippen LogP contribution in [0.3, 0.4) is 0 Å². The van der Waals surface area contributed by atoms with Gasteiger partial charge in [-0.15, -0.1) is 0 Å². The summed E-state index contributed by atoms with van der Waals surface area (Å²) in [4.78, 5) is 0. The average Bonchev–Trinajstić information content (AvgIpc) is 2.31. The van der Waals surface area contributed by atoms with E-state index in [-0.39, 0.29) is 12.4 Å². The van der Waals surface area contributed by atoms with Crippen LogP contribution in [0.25, 0.3) is 0 Å². The Morgan fingerprint density at radius 3 is 2.00 bits per heavy atom. The zero-order chi connectivity index (χ0) is 14.6. The summed E-state index contributed by atoms with van der Waals surface area (Å²) < 4.78 is 44.4. The summed E-state index contributed by atoms with van der Waals surface area (Å²) in [6, 6.07) is 0. The highest BCUT2D eigenvalue weighted by atomic mass is 32.3. The van der Waals surface area contributed by atoms with Gasteiger partial charge in [0.25, 0.3) is 0 Å². The van der Waals surface area contributed by atoms with Crippen molar-refractivity contribution in [3.8, 4) is 0 Å². The molecule has 0 aromatic heterocycles. The topological polar surface area (TPSA) is 80.7 Å². The third-order valence-electron chi connectivity index (χ3n) is 2.77. The molecule has 0 aliphatic rings. The molecule has 0 heterocycles. The number of rotatable bonds is 13. The molecular weight excluding hydrogens is 288 g/mol. The molecule has 0 aliphatic carbocycles. The maximum absolute atomic E-state index is 11.5. The van der Waals surface area contributed by atoms with E-state index in [1.165, 1.54) is 38.5 Å². The van der Waals surface area contributed by atoms with Crippen molar-refractivity contribution in [1.82, 2.24) is 0 Å². The van der Waals surface area contributed by atoms with Gasteiger partial charge in [0.2, 0.25) is 0 Å². The van der Waals surface area contributed by atoms with Crippen LogP contribution >= 0.6 is 0 Å². The fraction of sp³-hybridized carbons (Fsp3) is 1.00. The predicted molar refractivity (Wildman–Crippen MR) is 78.0 cm³/mol. The Bertz CT molecular complexity index is 327. The molecule has 0 amide bonds. The maximum Gasteiger partial charge on any atom is 0.397 e. The van der Waals surface area contributed by atoms with Gasteiger partial charge in [0.15, 0.2) is 0 Å². The standard InChI is InChI=1S/C12H26O5S2/c1-2-3-4-5-6-7-8-9-11-18(13)12-10-17-19(14,15)16/h2-12H2,1H3,(H,14,15,16). The first-order valence-corrected chi connectivity index (χ1v) is 9.78. The molecule has 116 valence electrons. The molecule has 0 spiro atoms. The van der Waals surface area contributed by atoms with Crippen molar-refractivity contribution in [3.63, 3.8) is 0 Å². The fourth-order valence-electron chi connectivity index (χ4n) is 1.73. The maximum atomic E-state index is 11.5. The van der Waals surface area contributed by atoms with E-state index in [0.717, 1.165) is 12.8 Å². The number of hydrogen-bond donors (Lipinski definition) is 1. The highest BCUT2D eigenvalue weighted by Crippen LogP contribution is 2.08. The summed E-state index contributed by atoms with van der Waals surface area (Å²) >= 11 is 0. The zero-order valence-corrected chi connectivity index (χ0v) is 13.3. The molecule has 0 radical (unpaired) electrons. The molecule has 1 atom stereocenters. The Labute approximate surface area is 119 Å². The van der Waals surface area contributed by atoms with E-state index in [2.05, 4.69) is 11.1 Å². The van der Waals surface area contributed by atoms with Crippen LogP contribution in [0.5, 0.6) is 0 Å². The van der Waals surface area contributed by atoms with Crippen molar-refractivity contribution < 1.29 is 21.4 Å². The lowest BCUT2D eigenvalue weighted by Gasteiger charge is -2.03. The van der Waals surface area contributed by atoms with Gasteiger partial charge < -0.3 is 0 Å². The largest absolute Gasteiger partial charge is 0.397 e. The predicted octanol–water partition coefficient (Wildman–Crippen LogP) is 2.70. The Hall–Kier alpha value is 0.0200. The molecule has 0 aliphatic heterocycles. The van der Waals surface area contributed by atoms with Gasteiger partial charge in [-0.2, -0.15) is 8.42 Å². The van der Waals surface area contributed by atoms with Gasteiger partial charge in [0.05, 0.1) is 6.61 Å². The second-order valence-electron chi connectivity index (χ2n) is 4.57. The molecule has 0 saturated carbocycles. The number of hydrogen-bond acceptors (Lipinski definition) is 4. The van der Waals surface area contributed by atoms with Crippen LogP contribution in [0.4, 0.5) is 0 Å². The third-order valence-corrected chi connectivity index (χ3v) is 4.60. The Morgan fingerprint density at radius 1 is 0.947 bits per heavy atom. The van der Waals surface area contributed by atoms with Crippen LogP contribution in [0.15, 0.2) is 0 Å². The summed E-state index contributed by atoms with van der Waals surface area (Å²) in [7, 11) is -5.46. The summed E-state index contributed by atoms with van der Waals surface area (Å²) in [6.45, 7) is 1.98. The van der Waals surface area contributed by atoms with Gasteiger partial charge in [-0.25, -0.2) is 4.18 Å². The molecule has 7 heteroatoms. The highest BCUT2D eigenvalue weighted by Gasteiger charge is 2.06. The number of unbranched alkanes of at least 4 members (excludes halogenated alkanes) is 7. The van der Waals surface area contributed by atoms with E-state index in [1.54, 1.807) is 0 Å². The minimum atomic E-state index is -4.39. The fourth-order valence-corrected chi connectivity index (χ4v) is 3.13. The quantitative estimate of drug-likeness (QED) is 0.417. The van der Waals surface area contributed by atoms with Gasteiger partial charge in [0, 0.05) is 22.3 Å². The van der Waals surface area contributed by atoms with E-state index < -0.39 is 21.2 Å². The van der Waals surface area contributed by atoms with Crippen LogP contribution in [0.2, 0.25) is 0 Å². The van der Waals surface area contributed by atoms with E-state index >= 15 is 0 Å². The second-order valence-corrected chi connectivity index (χ2v) is 7.36. The van der Waals surface area contributed by atoms with Crippen molar-refractivity contribution in [2.75, 3.05) is 18.1 Å². The average molecular weight is 314 g/mol. The molecular formula is C12H26O5S2. The lowest BCUT2D eigenvalue weighted by atomic mass is 10.1. The smallest absolute Gasteiger partial charge is 0.264 e. The van der Waals surface area contributed by atoms with Crippen molar-refractivity contribution >= 4 is 21.2 Å². The first kappa shape index (κ1) is 19.0. The highest BCUT2D eigenvalue weighted by molar-refractivity contribution is 7.85. The van der Waals surface area contributed by atoms with Crippen LogP contribution < -0.4 is 0 Å². The van der Waals surface area contributed by atoms with Gasteiger partial charge >= 0.3 is 10.4 Å². The molecule has 1 N–H and O–H groups in total.